The van der Waals surface area contributed by atoms with Crippen LogP contribution in [0.25, 0.3) is 0 Å². The van der Waals surface area contributed by atoms with E-state index < -0.39 is 0 Å². The number of anilines is 1. The van der Waals surface area contributed by atoms with Gasteiger partial charge >= 0.3 is 0 Å². The van der Waals surface area contributed by atoms with E-state index in [2.05, 4.69) is 31.2 Å². The summed E-state index contributed by atoms with van der Waals surface area (Å²) in [6.07, 6.45) is 3.31. The first-order valence-electron chi connectivity index (χ1n) is 3.53. The van der Waals surface area contributed by atoms with Crippen LogP contribution in [0.1, 0.15) is 0 Å². The maximum atomic E-state index is 4.87. The van der Waals surface area contributed by atoms with Crippen molar-refractivity contribution in [3.8, 4) is 0 Å². The van der Waals surface area contributed by atoms with E-state index in [1.807, 2.05) is 0 Å². The van der Waals surface area contributed by atoms with Gasteiger partial charge in [-0.2, -0.15) is 0 Å². The van der Waals surface area contributed by atoms with Crippen molar-refractivity contribution < 1.29 is 4.74 Å². The van der Waals surface area contributed by atoms with Crippen LogP contribution in [-0.2, 0) is 4.74 Å². The second kappa shape index (κ2) is 5.05. The van der Waals surface area contributed by atoms with Crippen molar-refractivity contribution in [3.05, 3.63) is 17.0 Å². The van der Waals surface area contributed by atoms with Crippen LogP contribution >= 0.6 is 15.9 Å². The van der Waals surface area contributed by atoms with Gasteiger partial charge in [0, 0.05) is 13.7 Å². The number of halogens is 1. The van der Waals surface area contributed by atoms with Crippen LogP contribution in [0.15, 0.2) is 17.0 Å². The molecule has 0 aliphatic rings. The number of nitrogens with one attached hydrogen (secondary N) is 1. The SMILES string of the molecule is COCCNc1cnc(Br)cn1. The van der Waals surface area contributed by atoms with Crippen LogP contribution in [0.4, 0.5) is 5.82 Å². The fourth-order valence-electron chi connectivity index (χ4n) is 0.685. The Morgan fingerprint density at radius 3 is 2.92 bits per heavy atom. The number of ether oxygens (including phenoxy) is 1. The predicted octanol–water partition coefficient (Wildman–Crippen LogP) is 1.30. The van der Waals surface area contributed by atoms with E-state index in [-0.39, 0.29) is 0 Å². The highest BCUT2D eigenvalue weighted by Gasteiger charge is 1.92. The van der Waals surface area contributed by atoms with E-state index in [1.54, 1.807) is 19.5 Å². The molecule has 0 atom stereocenters. The van der Waals surface area contributed by atoms with Gasteiger partial charge in [0.05, 0.1) is 19.0 Å². The highest BCUT2D eigenvalue weighted by Crippen LogP contribution is 2.05. The van der Waals surface area contributed by atoms with Crippen LogP contribution in [0, 0.1) is 0 Å². The minimum Gasteiger partial charge on any atom is -0.383 e. The normalized spacial score (nSPS) is 9.83. The lowest BCUT2D eigenvalue weighted by atomic mass is 10.6. The van der Waals surface area contributed by atoms with Crippen LogP contribution in [0.3, 0.4) is 0 Å². The lowest BCUT2D eigenvalue weighted by Gasteiger charge is -2.02. The molecule has 0 radical (unpaired) electrons. The summed E-state index contributed by atoms with van der Waals surface area (Å²) in [5.41, 5.74) is 0. The second-order valence-corrected chi connectivity index (χ2v) is 2.96. The molecule has 0 aliphatic heterocycles. The molecule has 66 valence electrons. The van der Waals surface area contributed by atoms with Gasteiger partial charge < -0.3 is 10.1 Å². The van der Waals surface area contributed by atoms with Crippen molar-refractivity contribution in [2.24, 2.45) is 0 Å². The molecule has 0 unspecified atom stereocenters. The van der Waals surface area contributed by atoms with E-state index in [1.165, 1.54) is 0 Å². The summed E-state index contributed by atoms with van der Waals surface area (Å²) in [7, 11) is 1.66. The average molecular weight is 232 g/mol. The quantitative estimate of drug-likeness (QED) is 0.794. The summed E-state index contributed by atoms with van der Waals surface area (Å²) in [6, 6.07) is 0. The largest absolute Gasteiger partial charge is 0.383 e. The molecule has 0 spiro atoms. The smallest absolute Gasteiger partial charge is 0.144 e. The average Bonchev–Trinajstić information content (AvgIpc) is 2.09. The first-order valence-corrected chi connectivity index (χ1v) is 4.32. The summed E-state index contributed by atoms with van der Waals surface area (Å²) in [4.78, 5) is 8.08. The monoisotopic (exact) mass is 231 g/mol. The Morgan fingerprint density at radius 2 is 2.33 bits per heavy atom. The van der Waals surface area contributed by atoms with Crippen LogP contribution < -0.4 is 5.32 Å². The number of hydrogen-bond donors (Lipinski definition) is 1. The third-order valence-corrected chi connectivity index (χ3v) is 1.64. The molecule has 0 bridgehead atoms. The molecular formula is C7H10BrN3O. The van der Waals surface area contributed by atoms with Gasteiger partial charge in [-0.25, -0.2) is 9.97 Å². The number of nitrogens with zero attached hydrogens (tertiary/aromatic N) is 2. The Bertz CT molecular complexity index is 227. The molecule has 1 aromatic heterocycles. The zero-order valence-electron chi connectivity index (χ0n) is 6.75. The van der Waals surface area contributed by atoms with E-state index >= 15 is 0 Å². The van der Waals surface area contributed by atoms with Gasteiger partial charge in [0.15, 0.2) is 0 Å². The molecule has 0 fully saturated rings. The molecule has 0 aliphatic carbocycles. The van der Waals surface area contributed by atoms with Crippen molar-refractivity contribution in [1.82, 2.24) is 9.97 Å². The third kappa shape index (κ3) is 3.15. The Morgan fingerprint density at radius 1 is 1.50 bits per heavy atom. The lowest BCUT2D eigenvalue weighted by molar-refractivity contribution is 0.210. The molecule has 5 heteroatoms. The number of hydrogen-bond acceptors (Lipinski definition) is 4. The van der Waals surface area contributed by atoms with Gasteiger partial charge in [0.2, 0.25) is 0 Å². The zero-order chi connectivity index (χ0) is 8.81. The maximum Gasteiger partial charge on any atom is 0.144 e. The summed E-state index contributed by atoms with van der Waals surface area (Å²) in [5.74, 6) is 0.759. The molecule has 0 saturated carbocycles. The van der Waals surface area contributed by atoms with Crippen molar-refractivity contribution in [2.75, 3.05) is 25.6 Å². The number of methoxy groups -OCH3 is 1. The zero-order valence-corrected chi connectivity index (χ0v) is 8.34. The van der Waals surface area contributed by atoms with Gasteiger partial charge in [-0.1, -0.05) is 0 Å². The number of aromatic nitrogens is 2. The van der Waals surface area contributed by atoms with Crippen LogP contribution in [0.5, 0.6) is 0 Å². The third-order valence-electron chi connectivity index (χ3n) is 1.23. The summed E-state index contributed by atoms with van der Waals surface area (Å²) < 4.78 is 5.60. The molecule has 4 nitrogen and oxygen atoms in total. The molecular weight excluding hydrogens is 222 g/mol. The molecule has 1 aromatic rings. The van der Waals surface area contributed by atoms with Gasteiger partial charge in [0.25, 0.3) is 0 Å². The Balaban J connectivity index is 2.37. The number of rotatable bonds is 4. The molecule has 0 saturated heterocycles. The first-order chi connectivity index (χ1) is 5.83. The van der Waals surface area contributed by atoms with Crippen molar-refractivity contribution >= 4 is 21.7 Å². The van der Waals surface area contributed by atoms with E-state index in [4.69, 9.17) is 4.74 Å². The molecule has 0 aromatic carbocycles. The summed E-state index contributed by atoms with van der Waals surface area (Å²) >= 11 is 3.20. The van der Waals surface area contributed by atoms with E-state index in [9.17, 15) is 0 Å². The van der Waals surface area contributed by atoms with Gasteiger partial charge in [0.1, 0.15) is 10.4 Å². The van der Waals surface area contributed by atoms with Crippen LogP contribution in [0.2, 0.25) is 0 Å². The summed E-state index contributed by atoms with van der Waals surface area (Å²) in [6.45, 7) is 1.41. The Labute approximate surface area is 79.5 Å². The van der Waals surface area contributed by atoms with E-state index in [0.717, 1.165) is 17.0 Å². The molecule has 12 heavy (non-hydrogen) atoms. The Kier molecular flexibility index (Phi) is 3.96. The van der Waals surface area contributed by atoms with Crippen molar-refractivity contribution in [1.29, 1.82) is 0 Å². The highest BCUT2D eigenvalue weighted by molar-refractivity contribution is 9.10. The fraction of sp³-hybridized carbons (Fsp3) is 0.429. The predicted molar refractivity (Wildman–Crippen MR) is 50.1 cm³/mol. The van der Waals surface area contributed by atoms with Crippen LogP contribution in [-0.4, -0.2) is 30.2 Å². The minimum atomic E-state index is 0.664. The van der Waals surface area contributed by atoms with Gasteiger partial charge in [-0.15, -0.1) is 0 Å². The molecule has 1 N–H and O–H groups in total. The lowest BCUT2D eigenvalue weighted by Crippen LogP contribution is -2.08. The van der Waals surface area contributed by atoms with Crippen molar-refractivity contribution in [2.45, 2.75) is 0 Å². The van der Waals surface area contributed by atoms with Crippen molar-refractivity contribution in [3.63, 3.8) is 0 Å². The minimum absolute atomic E-state index is 0.664. The van der Waals surface area contributed by atoms with E-state index in [0.29, 0.717) is 6.61 Å². The molecule has 0 amide bonds. The summed E-state index contributed by atoms with van der Waals surface area (Å²) in [5, 5.41) is 3.05. The van der Waals surface area contributed by atoms with Gasteiger partial charge in [-0.3, -0.25) is 0 Å². The standard InChI is InChI=1S/C7H10BrN3O/c1-12-3-2-9-7-5-10-6(8)4-11-7/h4-5H,2-3H2,1H3,(H,9,11). The second-order valence-electron chi connectivity index (χ2n) is 2.14. The highest BCUT2D eigenvalue weighted by atomic mass is 79.9. The molecule has 1 heterocycles. The first kappa shape index (κ1) is 9.41. The Hall–Kier alpha value is -0.680. The van der Waals surface area contributed by atoms with Gasteiger partial charge in [-0.05, 0) is 15.9 Å². The topological polar surface area (TPSA) is 47.0 Å². The maximum absolute atomic E-state index is 4.87. The molecule has 1 rings (SSSR count). The fourth-order valence-corrected chi connectivity index (χ4v) is 0.889.